The Kier molecular flexibility index (Phi) is 5.10. The number of hydrogen-bond acceptors (Lipinski definition) is 4. The molecule has 6 nitrogen and oxygen atoms in total. The van der Waals surface area contributed by atoms with E-state index in [2.05, 4.69) is 15.0 Å². The first-order valence-corrected chi connectivity index (χ1v) is 8.88. The fourth-order valence-corrected chi connectivity index (χ4v) is 3.47. The van der Waals surface area contributed by atoms with E-state index in [9.17, 15) is 9.59 Å². The zero-order valence-corrected chi connectivity index (χ0v) is 14.3. The van der Waals surface area contributed by atoms with Gasteiger partial charge in [0.05, 0.1) is 5.69 Å². The number of amides is 3. The Hall–Kier alpha value is -2.41. The van der Waals surface area contributed by atoms with E-state index >= 15 is 0 Å². The van der Waals surface area contributed by atoms with Crippen molar-refractivity contribution in [1.29, 1.82) is 0 Å². The largest absolute Gasteiger partial charge is 0.341 e. The minimum Gasteiger partial charge on any atom is -0.341 e. The molecule has 3 rings (SSSR count). The van der Waals surface area contributed by atoms with Crippen molar-refractivity contribution in [1.82, 2.24) is 14.6 Å². The molecule has 0 saturated carbocycles. The van der Waals surface area contributed by atoms with Crippen molar-refractivity contribution in [2.24, 2.45) is 0 Å². The van der Waals surface area contributed by atoms with E-state index in [4.69, 9.17) is 0 Å². The summed E-state index contributed by atoms with van der Waals surface area (Å²) < 4.78 is 4.35. The van der Waals surface area contributed by atoms with Crippen molar-refractivity contribution in [2.45, 2.75) is 25.8 Å². The minimum atomic E-state index is -0.453. The molecule has 7 heteroatoms. The van der Waals surface area contributed by atoms with E-state index in [1.165, 1.54) is 11.5 Å². The van der Waals surface area contributed by atoms with Crippen molar-refractivity contribution in [3.63, 3.8) is 0 Å². The predicted octanol–water partition coefficient (Wildman–Crippen LogP) is 2.94. The van der Waals surface area contributed by atoms with Gasteiger partial charge >= 0.3 is 6.03 Å². The van der Waals surface area contributed by atoms with Crippen molar-refractivity contribution in [2.75, 3.05) is 18.4 Å². The number of carbonyl (C=O) groups is 2. The molecule has 0 bridgehead atoms. The summed E-state index contributed by atoms with van der Waals surface area (Å²) in [5.74, 6) is -0.00868. The fraction of sp³-hybridized carbons (Fsp3) is 0.353. The smallest absolute Gasteiger partial charge is 0.319 e. The molecule has 24 heavy (non-hydrogen) atoms. The van der Waals surface area contributed by atoms with Crippen LogP contribution in [0.5, 0.6) is 0 Å². The van der Waals surface area contributed by atoms with Gasteiger partial charge in [0.1, 0.15) is 11.7 Å². The molecular formula is C17H20N4O2S. The van der Waals surface area contributed by atoms with Crippen LogP contribution in [0, 0.1) is 0 Å². The lowest BCUT2D eigenvalue weighted by atomic mass is 10.1. The number of likely N-dealkylation sites (tertiary alicyclic amines) is 1. The maximum Gasteiger partial charge on any atom is 0.319 e. The number of rotatable bonds is 4. The van der Waals surface area contributed by atoms with Crippen LogP contribution in [0.1, 0.15) is 19.8 Å². The van der Waals surface area contributed by atoms with Crippen LogP contribution in [0.4, 0.5) is 10.5 Å². The van der Waals surface area contributed by atoms with Gasteiger partial charge in [0.15, 0.2) is 0 Å². The van der Waals surface area contributed by atoms with Gasteiger partial charge in [0.25, 0.3) is 0 Å². The summed E-state index contributed by atoms with van der Waals surface area (Å²) in [5.41, 5.74) is 2.33. The first-order chi connectivity index (χ1) is 11.7. The van der Waals surface area contributed by atoms with Crippen LogP contribution in [-0.2, 0) is 4.79 Å². The second-order valence-corrected chi connectivity index (χ2v) is 6.28. The molecular weight excluding hydrogens is 324 g/mol. The summed E-state index contributed by atoms with van der Waals surface area (Å²) in [5, 5.41) is 7.40. The lowest BCUT2D eigenvalue weighted by Gasteiger charge is -2.31. The number of nitrogens with one attached hydrogen (secondary N) is 2. The van der Waals surface area contributed by atoms with Gasteiger partial charge in [-0.05, 0) is 31.3 Å². The Labute approximate surface area is 145 Å². The van der Waals surface area contributed by atoms with Crippen LogP contribution in [0.3, 0.4) is 0 Å². The first-order valence-electron chi connectivity index (χ1n) is 8.05. The fourth-order valence-electron chi connectivity index (χ4n) is 2.83. The summed E-state index contributed by atoms with van der Waals surface area (Å²) in [6.07, 6.45) is 1.58. The van der Waals surface area contributed by atoms with Crippen molar-refractivity contribution in [3.8, 4) is 11.3 Å². The van der Waals surface area contributed by atoms with Crippen LogP contribution in [0.2, 0.25) is 0 Å². The average Bonchev–Trinajstić information content (AvgIpc) is 3.05. The Morgan fingerprint density at radius 3 is 2.92 bits per heavy atom. The summed E-state index contributed by atoms with van der Waals surface area (Å²) in [7, 11) is 0. The monoisotopic (exact) mass is 344 g/mol. The van der Waals surface area contributed by atoms with E-state index in [1.807, 2.05) is 37.3 Å². The van der Waals surface area contributed by atoms with Crippen molar-refractivity contribution >= 4 is 29.2 Å². The lowest BCUT2D eigenvalue weighted by Crippen LogP contribution is -2.52. The zero-order valence-electron chi connectivity index (χ0n) is 13.5. The van der Waals surface area contributed by atoms with Gasteiger partial charge in [-0.1, -0.05) is 30.3 Å². The van der Waals surface area contributed by atoms with Gasteiger partial charge in [-0.15, -0.1) is 0 Å². The molecule has 1 aromatic carbocycles. The van der Waals surface area contributed by atoms with Gasteiger partial charge in [0, 0.05) is 24.0 Å². The second kappa shape index (κ2) is 7.44. The molecule has 1 unspecified atom stereocenters. The van der Waals surface area contributed by atoms with Gasteiger partial charge in [-0.2, -0.15) is 4.37 Å². The molecule has 1 aliphatic heterocycles. The topological polar surface area (TPSA) is 74.3 Å². The Bertz CT molecular complexity index is 716. The Morgan fingerprint density at radius 1 is 1.38 bits per heavy atom. The molecule has 126 valence electrons. The minimum absolute atomic E-state index is 0.00868. The molecule has 0 aliphatic carbocycles. The number of piperidine rings is 1. The van der Waals surface area contributed by atoms with Crippen molar-refractivity contribution in [3.05, 3.63) is 35.7 Å². The van der Waals surface area contributed by atoms with Gasteiger partial charge in [-0.3, -0.25) is 4.79 Å². The van der Waals surface area contributed by atoms with Gasteiger partial charge < -0.3 is 15.5 Å². The Balaban J connectivity index is 1.66. The summed E-state index contributed by atoms with van der Waals surface area (Å²) >= 11 is 1.29. The predicted molar refractivity (Wildman–Crippen MR) is 95.0 cm³/mol. The summed E-state index contributed by atoms with van der Waals surface area (Å²) in [6, 6.07) is 8.86. The Morgan fingerprint density at radius 2 is 2.17 bits per heavy atom. The highest BCUT2D eigenvalue weighted by Gasteiger charge is 2.29. The van der Waals surface area contributed by atoms with Gasteiger partial charge in [0.2, 0.25) is 5.91 Å². The highest BCUT2D eigenvalue weighted by atomic mass is 32.1. The molecule has 1 saturated heterocycles. The van der Waals surface area contributed by atoms with Crippen molar-refractivity contribution < 1.29 is 9.59 Å². The highest BCUT2D eigenvalue weighted by molar-refractivity contribution is 7.04. The van der Waals surface area contributed by atoms with Gasteiger partial charge in [-0.25, -0.2) is 4.79 Å². The number of anilines is 1. The number of hydrogen-bond donors (Lipinski definition) is 2. The number of carbonyl (C=O) groups excluding carboxylic acids is 2. The summed E-state index contributed by atoms with van der Waals surface area (Å²) in [4.78, 5) is 26.3. The quantitative estimate of drug-likeness (QED) is 0.895. The van der Waals surface area contributed by atoms with E-state index in [-0.39, 0.29) is 11.9 Å². The molecule has 3 amide bonds. The van der Waals surface area contributed by atoms with Crippen LogP contribution in [0.15, 0.2) is 35.7 Å². The van der Waals surface area contributed by atoms with E-state index in [0.29, 0.717) is 18.7 Å². The number of likely N-dealkylation sites (N-methyl/N-ethyl adjacent to an activating group) is 1. The molecule has 1 aromatic heterocycles. The second-order valence-electron chi connectivity index (χ2n) is 5.65. The number of urea groups is 1. The average molecular weight is 344 g/mol. The third-order valence-corrected chi connectivity index (χ3v) is 4.71. The SMILES string of the molecule is CCN1CCCC(NC(=O)Nc2csnc2-c2ccccc2)C1=O. The van der Waals surface area contributed by atoms with Crippen LogP contribution in [-0.4, -0.2) is 40.3 Å². The van der Waals surface area contributed by atoms with E-state index in [1.54, 1.807) is 10.3 Å². The molecule has 0 spiro atoms. The number of nitrogens with zero attached hydrogens (tertiary/aromatic N) is 2. The third kappa shape index (κ3) is 3.56. The van der Waals surface area contributed by atoms with Crippen LogP contribution < -0.4 is 10.6 Å². The molecule has 1 aliphatic rings. The molecule has 2 aromatic rings. The molecule has 1 atom stereocenters. The maximum atomic E-state index is 12.3. The van der Waals surface area contributed by atoms with E-state index < -0.39 is 6.04 Å². The standard InChI is InChI=1S/C17H20N4O2S/c1-2-21-10-6-9-13(16(21)22)18-17(23)19-14-11-24-20-15(14)12-7-4-3-5-8-12/h3-5,7-8,11,13H,2,6,9-10H2,1H3,(H2,18,19,23). The highest BCUT2D eigenvalue weighted by Crippen LogP contribution is 2.28. The zero-order chi connectivity index (χ0) is 16.9. The summed E-state index contributed by atoms with van der Waals surface area (Å²) in [6.45, 7) is 3.39. The molecule has 2 N–H and O–H groups in total. The van der Waals surface area contributed by atoms with Crippen LogP contribution >= 0.6 is 11.5 Å². The number of benzene rings is 1. The molecule has 2 heterocycles. The third-order valence-electron chi connectivity index (χ3n) is 4.08. The number of aromatic nitrogens is 1. The first kappa shape index (κ1) is 16.4. The molecule has 1 fully saturated rings. The normalized spacial score (nSPS) is 17.6. The molecule has 0 radical (unpaired) electrons. The van der Waals surface area contributed by atoms with E-state index in [0.717, 1.165) is 24.2 Å². The maximum absolute atomic E-state index is 12.3. The lowest BCUT2D eigenvalue weighted by molar-refractivity contribution is -0.135. The van der Waals surface area contributed by atoms with Crippen LogP contribution in [0.25, 0.3) is 11.3 Å².